The summed E-state index contributed by atoms with van der Waals surface area (Å²) in [7, 11) is 0.645. The van der Waals surface area contributed by atoms with E-state index in [0.29, 0.717) is 43.3 Å². The van der Waals surface area contributed by atoms with E-state index in [0.717, 1.165) is 30.0 Å². The van der Waals surface area contributed by atoms with Crippen molar-refractivity contribution in [2.45, 2.75) is 89.8 Å². The Labute approximate surface area is 260 Å². The molecule has 1 aliphatic heterocycles. The fourth-order valence-corrected chi connectivity index (χ4v) is 6.93. The van der Waals surface area contributed by atoms with E-state index < -0.39 is 27.4 Å². The topological polar surface area (TPSA) is 161 Å². The molecule has 2 fully saturated rings. The highest BCUT2D eigenvalue weighted by atomic mass is 32.2. The van der Waals surface area contributed by atoms with Crippen LogP contribution in [0.4, 0.5) is 0 Å². The van der Waals surface area contributed by atoms with Gasteiger partial charge in [0.2, 0.25) is 23.3 Å². The van der Waals surface area contributed by atoms with Crippen LogP contribution < -0.4 is 5.32 Å². The molecular formula is C30H49N5O8S. The van der Waals surface area contributed by atoms with Gasteiger partial charge < -0.3 is 19.5 Å². The highest BCUT2D eigenvalue weighted by Gasteiger charge is 2.40. The van der Waals surface area contributed by atoms with E-state index in [9.17, 15) is 32.8 Å². The summed E-state index contributed by atoms with van der Waals surface area (Å²) in [6.07, 6.45) is 6.00. The number of likely N-dealkylation sites (tertiary alicyclic amines) is 1. The van der Waals surface area contributed by atoms with Gasteiger partial charge in [0.25, 0.3) is 15.9 Å². The van der Waals surface area contributed by atoms with E-state index in [1.165, 1.54) is 20.2 Å². The molecule has 1 aromatic heterocycles. The number of aryl methyl sites for hydroxylation is 1. The van der Waals surface area contributed by atoms with Crippen LogP contribution in [0.25, 0.3) is 0 Å². The largest absolute Gasteiger partial charge is 0.448 e. The van der Waals surface area contributed by atoms with Gasteiger partial charge in [0.15, 0.2) is 0 Å². The van der Waals surface area contributed by atoms with Gasteiger partial charge in [-0.05, 0) is 37.5 Å². The number of likely N-dealkylation sites (N-methyl/N-ethyl adjacent to an activating group) is 1. The zero-order valence-corrected chi connectivity index (χ0v) is 27.9. The maximum absolute atomic E-state index is 13.8. The first-order valence-corrected chi connectivity index (χ1v) is 16.7. The molecule has 1 aromatic rings. The molecule has 0 bridgehead atoms. The molecule has 1 saturated heterocycles. The number of rotatable bonds is 12. The monoisotopic (exact) mass is 639 g/mol. The number of nitrogens with zero attached hydrogens (tertiary/aromatic N) is 4. The molecule has 0 spiro atoms. The van der Waals surface area contributed by atoms with Crippen LogP contribution in [0, 0.1) is 24.2 Å². The van der Waals surface area contributed by atoms with Crippen molar-refractivity contribution in [2.24, 2.45) is 17.3 Å². The highest BCUT2D eigenvalue weighted by Crippen LogP contribution is 2.32. The molecule has 248 valence electrons. The zero-order valence-electron chi connectivity index (χ0n) is 27.0. The third kappa shape index (κ3) is 8.39. The fraction of sp³-hybridized carbons (Fsp3) is 0.733. The molecule has 44 heavy (non-hydrogen) atoms. The lowest BCUT2D eigenvalue weighted by atomic mass is 9.84. The van der Waals surface area contributed by atoms with Gasteiger partial charge in [-0.2, -0.15) is 0 Å². The van der Waals surface area contributed by atoms with Crippen molar-refractivity contribution in [3.05, 3.63) is 17.4 Å². The Morgan fingerprint density at radius 1 is 1.11 bits per heavy atom. The number of furan rings is 1. The molecule has 4 amide bonds. The van der Waals surface area contributed by atoms with Crippen LogP contribution in [-0.2, 0) is 24.4 Å². The van der Waals surface area contributed by atoms with Gasteiger partial charge in [-0.15, -0.1) is 0 Å². The van der Waals surface area contributed by atoms with Crippen molar-refractivity contribution in [3.8, 4) is 0 Å². The molecule has 2 aliphatic rings. The predicted molar refractivity (Wildman–Crippen MR) is 162 cm³/mol. The Hall–Kier alpha value is -2.97. The highest BCUT2D eigenvalue weighted by molar-refractivity contribution is 7.88. The standard InChI is InChI=1S/C30H49N5O8S/c1-20-24(17-25(43-20)44(41,42)32(5)6)28(38)34-14-12-23(13-15-34)33(7)29(39)26(30(2,3)4)31-27(37)22(18-35(40)19-36)16-21-10-8-9-11-21/h17,19,21-23,26,40H,8-16,18H2,1-7H3,(H,31,37)/t22-,26-/m1/s1. The second-order valence-corrected chi connectivity index (χ2v) is 15.5. The molecule has 13 nitrogen and oxygen atoms in total. The van der Waals surface area contributed by atoms with Crippen molar-refractivity contribution < 1.29 is 37.2 Å². The SMILES string of the molecule is Cc1oc(S(=O)(=O)N(C)C)cc1C(=O)N1CCC(N(C)C(=O)[C@@H](NC(=O)[C@H](CC2CCCC2)CN(O)C=O)C(C)(C)C)CC1. The third-order valence-corrected chi connectivity index (χ3v) is 10.6. The molecule has 1 saturated carbocycles. The van der Waals surface area contributed by atoms with Crippen molar-refractivity contribution in [3.63, 3.8) is 0 Å². The van der Waals surface area contributed by atoms with Gasteiger partial charge in [0.05, 0.1) is 18.0 Å². The molecular weight excluding hydrogens is 590 g/mol. The van der Waals surface area contributed by atoms with Crippen LogP contribution in [0.2, 0.25) is 0 Å². The maximum Gasteiger partial charge on any atom is 0.275 e. The second kappa shape index (κ2) is 14.4. The fourth-order valence-electron chi connectivity index (χ4n) is 6.07. The Morgan fingerprint density at radius 3 is 2.23 bits per heavy atom. The molecule has 14 heteroatoms. The zero-order chi connectivity index (χ0) is 33.0. The van der Waals surface area contributed by atoms with E-state index in [4.69, 9.17) is 4.42 Å². The van der Waals surface area contributed by atoms with Crippen molar-refractivity contribution >= 4 is 34.2 Å². The average Bonchev–Trinajstić information content (AvgIpc) is 3.63. The van der Waals surface area contributed by atoms with Crippen LogP contribution in [-0.4, -0.2) is 110 Å². The van der Waals surface area contributed by atoms with Crippen molar-refractivity contribution in [2.75, 3.05) is 40.8 Å². The molecule has 0 radical (unpaired) electrons. The van der Waals surface area contributed by atoms with Gasteiger partial charge in [-0.1, -0.05) is 46.5 Å². The first-order valence-electron chi connectivity index (χ1n) is 15.3. The van der Waals surface area contributed by atoms with Gasteiger partial charge in [-0.3, -0.25) is 24.4 Å². The lowest BCUT2D eigenvalue weighted by molar-refractivity contribution is -0.156. The van der Waals surface area contributed by atoms with Crippen LogP contribution in [0.1, 0.15) is 81.8 Å². The van der Waals surface area contributed by atoms with E-state index in [1.54, 1.807) is 23.8 Å². The minimum Gasteiger partial charge on any atom is -0.448 e. The van der Waals surface area contributed by atoms with Gasteiger partial charge in [0, 0.05) is 46.3 Å². The minimum atomic E-state index is -3.83. The molecule has 0 aromatic carbocycles. The summed E-state index contributed by atoms with van der Waals surface area (Å²) >= 11 is 0. The van der Waals surface area contributed by atoms with Crippen LogP contribution >= 0.6 is 0 Å². The molecule has 3 rings (SSSR count). The predicted octanol–water partition coefficient (Wildman–Crippen LogP) is 2.48. The van der Waals surface area contributed by atoms with Crippen molar-refractivity contribution in [1.82, 2.24) is 24.5 Å². The molecule has 2 atom stereocenters. The van der Waals surface area contributed by atoms with E-state index >= 15 is 0 Å². The summed E-state index contributed by atoms with van der Waals surface area (Å²) in [6.45, 7) is 7.75. The maximum atomic E-state index is 13.8. The van der Waals surface area contributed by atoms with E-state index in [-0.39, 0.29) is 53.1 Å². The van der Waals surface area contributed by atoms with Crippen LogP contribution in [0.5, 0.6) is 0 Å². The lowest BCUT2D eigenvalue weighted by Crippen LogP contribution is -2.58. The summed E-state index contributed by atoms with van der Waals surface area (Å²) in [4.78, 5) is 55.0. The number of hydrogen-bond acceptors (Lipinski definition) is 8. The van der Waals surface area contributed by atoms with Crippen molar-refractivity contribution in [1.29, 1.82) is 0 Å². The summed E-state index contributed by atoms with van der Waals surface area (Å²) in [5.41, 5.74) is -0.435. The first-order chi connectivity index (χ1) is 20.5. The Morgan fingerprint density at radius 2 is 1.70 bits per heavy atom. The van der Waals surface area contributed by atoms with E-state index in [1.807, 2.05) is 20.8 Å². The Bertz CT molecular complexity index is 1290. The normalized spacial score (nSPS) is 18.2. The lowest BCUT2D eigenvalue weighted by Gasteiger charge is -2.40. The smallest absolute Gasteiger partial charge is 0.275 e. The van der Waals surface area contributed by atoms with E-state index in [2.05, 4.69) is 5.32 Å². The number of nitrogens with one attached hydrogen (secondary N) is 1. The Balaban J connectivity index is 1.67. The second-order valence-electron chi connectivity index (χ2n) is 13.4. The molecule has 0 unspecified atom stereocenters. The first kappa shape index (κ1) is 35.5. The summed E-state index contributed by atoms with van der Waals surface area (Å²) in [5.74, 6) is -1.05. The Kier molecular flexibility index (Phi) is 11.6. The van der Waals surface area contributed by atoms with Gasteiger partial charge in [0.1, 0.15) is 11.8 Å². The summed E-state index contributed by atoms with van der Waals surface area (Å²) in [6, 6.07) is 0.233. The number of carbonyl (C=O) groups excluding carboxylic acids is 4. The number of carbonyl (C=O) groups is 4. The van der Waals surface area contributed by atoms with Gasteiger partial charge in [-0.25, -0.2) is 17.8 Å². The van der Waals surface area contributed by atoms with Crippen LogP contribution in [0.15, 0.2) is 15.6 Å². The number of hydrogen-bond donors (Lipinski definition) is 2. The number of amides is 4. The number of piperidine rings is 1. The molecule has 1 aliphatic carbocycles. The number of sulfonamides is 1. The quantitative estimate of drug-likeness (QED) is 0.200. The number of hydroxylamine groups is 2. The minimum absolute atomic E-state index is 0.141. The van der Waals surface area contributed by atoms with Gasteiger partial charge >= 0.3 is 0 Å². The molecule has 2 heterocycles. The van der Waals surface area contributed by atoms with Crippen LogP contribution in [0.3, 0.4) is 0 Å². The summed E-state index contributed by atoms with van der Waals surface area (Å²) < 4.78 is 31.4. The molecule has 2 N–H and O–H groups in total. The summed E-state index contributed by atoms with van der Waals surface area (Å²) in [5, 5.41) is 13.0. The average molecular weight is 640 g/mol. The third-order valence-electron chi connectivity index (χ3n) is 8.90.